The largest absolute Gasteiger partial charge is 0.353 e. The SMILES string of the molecule is O=C1NC(NC2CC2)=NC1c1cc(Cl)ccc1Br. The molecule has 0 aromatic heterocycles. The predicted octanol–water partition coefficient (Wildman–Crippen LogP) is 2.38. The molecule has 18 heavy (non-hydrogen) atoms. The van der Waals surface area contributed by atoms with E-state index in [4.69, 9.17) is 11.6 Å². The van der Waals surface area contributed by atoms with Gasteiger partial charge in [-0.25, -0.2) is 4.99 Å². The van der Waals surface area contributed by atoms with Crippen molar-refractivity contribution in [3.05, 3.63) is 33.3 Å². The van der Waals surface area contributed by atoms with Crippen molar-refractivity contribution in [3.8, 4) is 0 Å². The maximum absolute atomic E-state index is 11.9. The second kappa shape index (κ2) is 4.55. The summed E-state index contributed by atoms with van der Waals surface area (Å²) in [5.74, 6) is 0.445. The van der Waals surface area contributed by atoms with Crippen LogP contribution in [0.2, 0.25) is 5.02 Å². The van der Waals surface area contributed by atoms with Crippen LogP contribution >= 0.6 is 27.5 Å². The molecule has 1 aromatic rings. The molecular weight excluding hydrogens is 318 g/mol. The highest BCUT2D eigenvalue weighted by molar-refractivity contribution is 9.10. The Hall–Kier alpha value is -1.07. The molecule has 1 aromatic carbocycles. The fourth-order valence-corrected chi connectivity index (χ4v) is 2.48. The molecule has 3 rings (SSSR count). The summed E-state index contributed by atoms with van der Waals surface area (Å²) in [5.41, 5.74) is 0.785. The minimum Gasteiger partial charge on any atom is -0.353 e. The number of halogens is 2. The van der Waals surface area contributed by atoms with Crippen LogP contribution in [0.3, 0.4) is 0 Å². The van der Waals surface area contributed by atoms with E-state index in [1.807, 2.05) is 6.07 Å². The maximum atomic E-state index is 11.9. The van der Waals surface area contributed by atoms with Crippen LogP contribution in [0.25, 0.3) is 0 Å². The lowest BCUT2D eigenvalue weighted by molar-refractivity contribution is -0.120. The summed E-state index contributed by atoms with van der Waals surface area (Å²) in [6.07, 6.45) is 2.28. The Morgan fingerprint density at radius 2 is 2.22 bits per heavy atom. The Kier molecular flexibility index (Phi) is 3.03. The van der Waals surface area contributed by atoms with Gasteiger partial charge >= 0.3 is 0 Å². The molecule has 1 amide bonds. The fourth-order valence-electron chi connectivity index (χ4n) is 1.83. The summed E-state index contributed by atoms with van der Waals surface area (Å²) in [7, 11) is 0. The fraction of sp³-hybridized carbons (Fsp3) is 0.333. The quantitative estimate of drug-likeness (QED) is 0.876. The van der Waals surface area contributed by atoms with Gasteiger partial charge < -0.3 is 5.32 Å². The van der Waals surface area contributed by atoms with Crippen molar-refractivity contribution < 1.29 is 4.79 Å². The Bertz CT molecular complexity index is 542. The molecule has 4 nitrogen and oxygen atoms in total. The van der Waals surface area contributed by atoms with Gasteiger partial charge in [-0.15, -0.1) is 0 Å². The van der Waals surface area contributed by atoms with Crippen molar-refractivity contribution >= 4 is 39.4 Å². The van der Waals surface area contributed by atoms with E-state index in [0.29, 0.717) is 17.0 Å². The monoisotopic (exact) mass is 327 g/mol. The predicted molar refractivity (Wildman–Crippen MR) is 73.6 cm³/mol. The highest BCUT2D eigenvalue weighted by atomic mass is 79.9. The molecule has 1 fully saturated rings. The lowest BCUT2D eigenvalue weighted by Crippen LogP contribution is -2.37. The zero-order chi connectivity index (χ0) is 12.7. The third-order valence-electron chi connectivity index (χ3n) is 2.92. The van der Waals surface area contributed by atoms with Gasteiger partial charge in [-0.3, -0.25) is 10.1 Å². The van der Waals surface area contributed by atoms with E-state index in [1.54, 1.807) is 12.1 Å². The van der Waals surface area contributed by atoms with Crippen LogP contribution in [0.4, 0.5) is 0 Å². The molecule has 0 bridgehead atoms. The highest BCUT2D eigenvalue weighted by Gasteiger charge is 2.32. The van der Waals surface area contributed by atoms with Gasteiger partial charge in [0.2, 0.25) is 0 Å². The molecule has 1 saturated carbocycles. The Morgan fingerprint density at radius 1 is 1.44 bits per heavy atom. The van der Waals surface area contributed by atoms with Crippen LogP contribution in [0.5, 0.6) is 0 Å². The van der Waals surface area contributed by atoms with E-state index in [1.165, 1.54) is 0 Å². The number of amides is 1. The number of carbonyl (C=O) groups excluding carboxylic acids is 1. The van der Waals surface area contributed by atoms with Crippen molar-refractivity contribution in [2.75, 3.05) is 0 Å². The number of guanidine groups is 1. The molecule has 0 saturated heterocycles. The second-order valence-corrected chi connectivity index (χ2v) is 5.74. The third-order valence-corrected chi connectivity index (χ3v) is 3.88. The third kappa shape index (κ3) is 2.37. The molecule has 0 spiro atoms. The molecule has 2 aliphatic rings. The summed E-state index contributed by atoms with van der Waals surface area (Å²) >= 11 is 9.38. The number of nitrogens with zero attached hydrogens (tertiary/aromatic N) is 1. The molecule has 1 aliphatic heterocycles. The molecule has 1 unspecified atom stereocenters. The van der Waals surface area contributed by atoms with Crippen molar-refractivity contribution in [1.82, 2.24) is 10.6 Å². The zero-order valence-corrected chi connectivity index (χ0v) is 11.8. The lowest BCUT2D eigenvalue weighted by atomic mass is 10.1. The van der Waals surface area contributed by atoms with Crippen molar-refractivity contribution in [2.45, 2.75) is 24.9 Å². The first-order chi connectivity index (χ1) is 8.63. The van der Waals surface area contributed by atoms with Gasteiger partial charge in [-0.2, -0.15) is 0 Å². The van der Waals surface area contributed by atoms with Gasteiger partial charge in [0.05, 0.1) is 0 Å². The Balaban J connectivity index is 1.88. The molecule has 1 heterocycles. The number of rotatable bonds is 2. The number of benzene rings is 1. The highest BCUT2D eigenvalue weighted by Crippen LogP contribution is 2.31. The van der Waals surface area contributed by atoms with Crippen LogP contribution in [0.15, 0.2) is 27.7 Å². The summed E-state index contributed by atoms with van der Waals surface area (Å²) in [5, 5.41) is 6.54. The number of nitrogens with one attached hydrogen (secondary N) is 2. The number of hydrogen-bond donors (Lipinski definition) is 2. The van der Waals surface area contributed by atoms with Gasteiger partial charge in [-0.05, 0) is 31.0 Å². The summed E-state index contributed by atoms with van der Waals surface area (Å²) in [4.78, 5) is 16.3. The maximum Gasteiger partial charge on any atom is 0.256 e. The Labute approximate surface area is 118 Å². The summed E-state index contributed by atoms with van der Waals surface area (Å²) in [6, 6.07) is 5.30. The van der Waals surface area contributed by atoms with Crippen LogP contribution in [-0.4, -0.2) is 17.9 Å². The normalized spacial score (nSPS) is 22.7. The van der Waals surface area contributed by atoms with E-state index in [0.717, 1.165) is 22.9 Å². The van der Waals surface area contributed by atoms with E-state index >= 15 is 0 Å². The van der Waals surface area contributed by atoms with Gasteiger partial charge in [0, 0.05) is 21.1 Å². The number of aliphatic imine (C=N–C) groups is 1. The minimum atomic E-state index is -0.528. The van der Waals surface area contributed by atoms with Gasteiger partial charge in [0.15, 0.2) is 12.0 Å². The number of hydrogen-bond acceptors (Lipinski definition) is 3. The first-order valence-electron chi connectivity index (χ1n) is 5.73. The van der Waals surface area contributed by atoms with Crippen LogP contribution < -0.4 is 10.6 Å². The first kappa shape index (κ1) is 12.0. The van der Waals surface area contributed by atoms with E-state index in [-0.39, 0.29) is 5.91 Å². The van der Waals surface area contributed by atoms with Crippen LogP contribution in [0, 0.1) is 0 Å². The lowest BCUT2D eigenvalue weighted by Gasteiger charge is -2.07. The molecule has 94 valence electrons. The molecule has 2 N–H and O–H groups in total. The summed E-state index contributed by atoms with van der Waals surface area (Å²) in [6.45, 7) is 0. The van der Waals surface area contributed by atoms with E-state index < -0.39 is 6.04 Å². The van der Waals surface area contributed by atoms with Crippen molar-refractivity contribution in [1.29, 1.82) is 0 Å². The molecular formula is C12H11BrClN3O. The zero-order valence-electron chi connectivity index (χ0n) is 9.41. The average molecular weight is 329 g/mol. The molecule has 0 radical (unpaired) electrons. The number of carbonyl (C=O) groups is 1. The molecule has 1 aliphatic carbocycles. The van der Waals surface area contributed by atoms with Gasteiger partial charge in [-0.1, -0.05) is 27.5 Å². The molecule has 6 heteroatoms. The topological polar surface area (TPSA) is 53.5 Å². The van der Waals surface area contributed by atoms with Crippen LogP contribution in [-0.2, 0) is 4.79 Å². The van der Waals surface area contributed by atoms with Gasteiger partial charge in [0.25, 0.3) is 5.91 Å². The first-order valence-corrected chi connectivity index (χ1v) is 6.91. The Morgan fingerprint density at radius 3 is 2.94 bits per heavy atom. The smallest absolute Gasteiger partial charge is 0.256 e. The van der Waals surface area contributed by atoms with E-state index in [9.17, 15) is 4.79 Å². The van der Waals surface area contributed by atoms with Gasteiger partial charge in [0.1, 0.15) is 0 Å². The van der Waals surface area contributed by atoms with Crippen molar-refractivity contribution in [2.24, 2.45) is 4.99 Å². The summed E-state index contributed by atoms with van der Waals surface area (Å²) < 4.78 is 0.837. The van der Waals surface area contributed by atoms with Crippen LogP contribution in [0.1, 0.15) is 24.4 Å². The average Bonchev–Trinajstić information content (AvgIpc) is 3.06. The van der Waals surface area contributed by atoms with E-state index in [2.05, 4.69) is 31.6 Å². The van der Waals surface area contributed by atoms with Crippen molar-refractivity contribution in [3.63, 3.8) is 0 Å². The minimum absolute atomic E-state index is 0.124. The molecule has 1 atom stereocenters. The standard InChI is InChI=1S/C12H11BrClN3O/c13-9-4-1-6(14)5-8(9)10-11(18)17-12(16-10)15-7-2-3-7/h1,4-5,7,10H,2-3H2,(H2,15,16,17,18). The second-order valence-electron chi connectivity index (χ2n) is 4.45.